The summed E-state index contributed by atoms with van der Waals surface area (Å²) in [5.41, 5.74) is 2.87. The molecule has 2 aliphatic heterocycles. The number of carbonyl (C=O) groups excluding carboxylic acids is 1. The number of ether oxygens (including phenoxy) is 1. The van der Waals surface area contributed by atoms with Crippen LogP contribution in [0.5, 0.6) is 5.75 Å². The van der Waals surface area contributed by atoms with Crippen LogP contribution in [0.25, 0.3) is 11.0 Å². The van der Waals surface area contributed by atoms with Gasteiger partial charge in [-0.25, -0.2) is 4.79 Å². The molecule has 1 aromatic heterocycles. The molecule has 30 heavy (non-hydrogen) atoms. The molecule has 152 valence electrons. The largest absolute Gasteiger partial charge is 0.484 e. The Morgan fingerprint density at radius 2 is 1.83 bits per heavy atom. The van der Waals surface area contributed by atoms with Crippen LogP contribution in [0.3, 0.4) is 0 Å². The van der Waals surface area contributed by atoms with Crippen LogP contribution >= 0.6 is 0 Å². The number of Topliss-reactive ketones (excluding diaryl/α,β-unsaturated/α-hetero) is 1. The SMILES string of the molecule is N#Cc1ccc(CCN2CCC3(CC2)CC(=O)c2ccc4[nH]c(=O)[nH]c4c2O3)cc1. The quantitative estimate of drug-likeness (QED) is 0.701. The van der Waals surface area contributed by atoms with E-state index in [1.54, 1.807) is 12.1 Å². The fourth-order valence-electron chi connectivity index (χ4n) is 4.54. The van der Waals surface area contributed by atoms with E-state index in [1.165, 1.54) is 5.56 Å². The van der Waals surface area contributed by atoms with Gasteiger partial charge < -0.3 is 19.6 Å². The highest BCUT2D eigenvalue weighted by Gasteiger charge is 2.43. The van der Waals surface area contributed by atoms with E-state index in [4.69, 9.17) is 10.00 Å². The molecule has 0 amide bonds. The molecule has 2 N–H and O–H groups in total. The Morgan fingerprint density at radius 3 is 2.57 bits per heavy atom. The molecule has 2 aliphatic rings. The number of aromatic nitrogens is 2. The molecule has 0 atom stereocenters. The summed E-state index contributed by atoms with van der Waals surface area (Å²) >= 11 is 0. The monoisotopic (exact) mass is 402 g/mol. The molecule has 1 fully saturated rings. The Kier molecular flexibility index (Phi) is 4.44. The molecule has 0 bridgehead atoms. The summed E-state index contributed by atoms with van der Waals surface area (Å²) in [5, 5.41) is 8.91. The van der Waals surface area contributed by atoms with Gasteiger partial charge in [-0.05, 0) is 36.2 Å². The van der Waals surface area contributed by atoms with Gasteiger partial charge in [0.1, 0.15) is 11.1 Å². The van der Waals surface area contributed by atoms with Crippen molar-refractivity contribution in [1.82, 2.24) is 14.9 Å². The van der Waals surface area contributed by atoms with Gasteiger partial charge in [0, 0.05) is 32.5 Å². The first-order chi connectivity index (χ1) is 14.5. The summed E-state index contributed by atoms with van der Waals surface area (Å²) in [6.07, 6.45) is 2.85. The van der Waals surface area contributed by atoms with E-state index in [2.05, 4.69) is 20.9 Å². The molecule has 1 saturated heterocycles. The van der Waals surface area contributed by atoms with Crippen molar-refractivity contribution in [3.05, 3.63) is 63.6 Å². The maximum Gasteiger partial charge on any atom is 0.323 e. The third kappa shape index (κ3) is 3.29. The molecule has 2 aromatic carbocycles. The van der Waals surface area contributed by atoms with Crippen molar-refractivity contribution in [2.75, 3.05) is 19.6 Å². The van der Waals surface area contributed by atoms with Crippen LogP contribution in [0.1, 0.15) is 40.7 Å². The predicted molar refractivity (Wildman–Crippen MR) is 112 cm³/mol. The zero-order chi connectivity index (χ0) is 20.7. The molecule has 0 saturated carbocycles. The number of benzene rings is 2. The van der Waals surface area contributed by atoms with E-state index in [-0.39, 0.29) is 11.5 Å². The smallest absolute Gasteiger partial charge is 0.323 e. The molecule has 7 heteroatoms. The Bertz CT molecular complexity index is 1210. The first-order valence-electron chi connectivity index (χ1n) is 10.2. The van der Waals surface area contributed by atoms with Gasteiger partial charge in [0.15, 0.2) is 11.5 Å². The fourth-order valence-corrected chi connectivity index (χ4v) is 4.54. The maximum absolute atomic E-state index is 12.8. The van der Waals surface area contributed by atoms with Gasteiger partial charge >= 0.3 is 5.69 Å². The van der Waals surface area contributed by atoms with Gasteiger partial charge in [-0.3, -0.25) is 4.79 Å². The molecule has 3 heterocycles. The number of hydrogen-bond donors (Lipinski definition) is 2. The number of ketones is 1. The molecule has 3 aromatic rings. The number of nitrogens with zero attached hydrogens (tertiary/aromatic N) is 2. The zero-order valence-corrected chi connectivity index (χ0v) is 16.5. The second-order valence-electron chi connectivity index (χ2n) is 8.23. The number of hydrogen-bond acceptors (Lipinski definition) is 5. The number of fused-ring (bicyclic) bond motifs is 3. The summed E-state index contributed by atoms with van der Waals surface area (Å²) in [6.45, 7) is 2.65. The summed E-state index contributed by atoms with van der Waals surface area (Å²) in [7, 11) is 0. The Labute approximate surface area is 173 Å². The maximum atomic E-state index is 12.8. The van der Waals surface area contributed by atoms with Crippen LogP contribution in [0.15, 0.2) is 41.2 Å². The number of rotatable bonds is 3. The van der Waals surface area contributed by atoms with E-state index in [0.29, 0.717) is 34.3 Å². The van der Waals surface area contributed by atoms with E-state index in [0.717, 1.165) is 38.9 Å². The summed E-state index contributed by atoms with van der Waals surface area (Å²) < 4.78 is 6.43. The highest BCUT2D eigenvalue weighted by Crippen LogP contribution is 2.41. The third-order valence-corrected chi connectivity index (χ3v) is 6.31. The summed E-state index contributed by atoms with van der Waals surface area (Å²) in [6, 6.07) is 13.3. The molecular formula is C23H22N4O3. The van der Waals surface area contributed by atoms with Crippen LogP contribution in [0.2, 0.25) is 0 Å². The number of imidazole rings is 1. The van der Waals surface area contributed by atoms with Crippen molar-refractivity contribution in [3.8, 4) is 11.8 Å². The van der Waals surface area contributed by atoms with E-state index in [1.807, 2.05) is 24.3 Å². The van der Waals surface area contributed by atoms with E-state index >= 15 is 0 Å². The standard InChI is InChI=1S/C23H22N4O3/c24-14-16-3-1-15(2-4-16)7-10-27-11-8-23(9-12-27)13-19(28)17-5-6-18-20(21(17)30-23)26-22(29)25-18/h1-6H,7-13H2,(H2,25,26,29). The average Bonchev–Trinajstić information content (AvgIpc) is 3.15. The summed E-state index contributed by atoms with van der Waals surface area (Å²) in [4.78, 5) is 32.4. The Morgan fingerprint density at radius 1 is 1.07 bits per heavy atom. The van der Waals surface area contributed by atoms with Crippen LogP contribution in [-0.4, -0.2) is 45.9 Å². The normalized spacial score (nSPS) is 18.2. The lowest BCUT2D eigenvalue weighted by Crippen LogP contribution is -2.51. The predicted octanol–water partition coefficient (Wildman–Crippen LogP) is 2.77. The molecule has 7 nitrogen and oxygen atoms in total. The van der Waals surface area contributed by atoms with Crippen LogP contribution in [-0.2, 0) is 6.42 Å². The molecule has 1 spiro atoms. The van der Waals surface area contributed by atoms with Gasteiger partial charge in [0.2, 0.25) is 0 Å². The molecule has 0 radical (unpaired) electrons. The number of aromatic amines is 2. The Balaban J connectivity index is 1.28. The number of carbonyl (C=O) groups is 1. The Hall–Kier alpha value is -3.37. The second kappa shape index (κ2) is 7.15. The van der Waals surface area contributed by atoms with Crippen molar-refractivity contribution in [1.29, 1.82) is 5.26 Å². The second-order valence-corrected chi connectivity index (χ2v) is 8.23. The minimum atomic E-state index is -0.503. The van der Waals surface area contributed by atoms with Crippen LogP contribution in [0.4, 0.5) is 0 Å². The van der Waals surface area contributed by atoms with Crippen molar-refractivity contribution in [2.45, 2.75) is 31.3 Å². The van der Waals surface area contributed by atoms with Crippen molar-refractivity contribution >= 4 is 16.8 Å². The molecule has 0 aliphatic carbocycles. The first-order valence-corrected chi connectivity index (χ1v) is 10.2. The average molecular weight is 402 g/mol. The minimum Gasteiger partial charge on any atom is -0.484 e. The third-order valence-electron chi connectivity index (χ3n) is 6.31. The van der Waals surface area contributed by atoms with E-state index < -0.39 is 5.60 Å². The lowest BCUT2D eigenvalue weighted by Gasteiger charge is -2.44. The highest BCUT2D eigenvalue weighted by atomic mass is 16.5. The molecule has 0 unspecified atom stereocenters. The van der Waals surface area contributed by atoms with Gasteiger partial charge in [0.25, 0.3) is 0 Å². The fraction of sp³-hybridized carbons (Fsp3) is 0.348. The minimum absolute atomic E-state index is 0.0752. The number of likely N-dealkylation sites (tertiary alicyclic amines) is 1. The molecule has 5 rings (SSSR count). The molecular weight excluding hydrogens is 380 g/mol. The topological polar surface area (TPSA) is 102 Å². The van der Waals surface area contributed by atoms with E-state index in [9.17, 15) is 9.59 Å². The van der Waals surface area contributed by atoms with Gasteiger partial charge in [-0.1, -0.05) is 12.1 Å². The first kappa shape index (κ1) is 18.6. The zero-order valence-electron chi connectivity index (χ0n) is 16.5. The van der Waals surface area contributed by atoms with Crippen molar-refractivity contribution in [2.24, 2.45) is 0 Å². The highest BCUT2D eigenvalue weighted by molar-refractivity contribution is 6.05. The van der Waals surface area contributed by atoms with Crippen molar-refractivity contribution < 1.29 is 9.53 Å². The summed E-state index contributed by atoms with van der Waals surface area (Å²) in [5.74, 6) is 0.583. The number of nitrogens with one attached hydrogen (secondary N) is 2. The van der Waals surface area contributed by atoms with Crippen LogP contribution < -0.4 is 10.4 Å². The van der Waals surface area contributed by atoms with Gasteiger partial charge in [-0.15, -0.1) is 0 Å². The van der Waals surface area contributed by atoms with Crippen molar-refractivity contribution in [3.63, 3.8) is 0 Å². The van der Waals surface area contributed by atoms with Crippen LogP contribution in [0, 0.1) is 11.3 Å². The lowest BCUT2D eigenvalue weighted by atomic mass is 9.82. The number of H-pyrrole nitrogens is 2. The van der Waals surface area contributed by atoms with Gasteiger partial charge in [0.05, 0.1) is 29.1 Å². The van der Waals surface area contributed by atoms with Gasteiger partial charge in [-0.2, -0.15) is 5.26 Å². The number of piperidine rings is 1. The number of nitriles is 1. The lowest BCUT2D eigenvalue weighted by molar-refractivity contribution is -0.00767.